The second-order valence-electron chi connectivity index (χ2n) is 6.19. The van der Waals surface area contributed by atoms with Crippen LogP contribution in [0.25, 0.3) is 10.8 Å². The number of aromatic nitrogens is 1. The zero-order valence-electron chi connectivity index (χ0n) is 13.4. The van der Waals surface area contributed by atoms with E-state index in [1.165, 1.54) is 21.9 Å². The van der Waals surface area contributed by atoms with Gasteiger partial charge in [-0.2, -0.15) is 0 Å². The van der Waals surface area contributed by atoms with Gasteiger partial charge in [0.05, 0.1) is 6.04 Å². The van der Waals surface area contributed by atoms with Gasteiger partial charge in [-0.25, -0.2) is 4.98 Å². The molecule has 0 spiro atoms. The number of nitrogens with one attached hydrogen (secondary N) is 1. The Labute approximate surface area is 132 Å². The molecule has 0 saturated carbocycles. The minimum Gasteiger partial charge on any atom is -0.363 e. The minimum absolute atomic E-state index is 0.249. The highest BCUT2D eigenvalue weighted by Gasteiger charge is 2.16. The maximum atomic E-state index is 4.44. The van der Waals surface area contributed by atoms with Crippen molar-refractivity contribution in [1.82, 2.24) is 4.98 Å². The molecule has 112 valence electrons. The van der Waals surface area contributed by atoms with Crippen molar-refractivity contribution in [2.75, 3.05) is 5.32 Å². The zero-order valence-corrected chi connectivity index (χ0v) is 13.4. The maximum Gasteiger partial charge on any atom is 0.126 e. The lowest BCUT2D eigenvalue weighted by atomic mass is 9.94. The summed E-state index contributed by atoms with van der Waals surface area (Å²) in [5.74, 6) is 1.41. The summed E-state index contributed by atoms with van der Waals surface area (Å²) in [4.78, 5) is 4.44. The number of hydrogen-bond acceptors (Lipinski definition) is 2. The van der Waals surface area contributed by atoms with E-state index in [4.69, 9.17) is 0 Å². The quantitative estimate of drug-likeness (QED) is 0.700. The first-order valence-electron chi connectivity index (χ1n) is 7.81. The van der Waals surface area contributed by atoms with Gasteiger partial charge in [-0.1, -0.05) is 50.2 Å². The van der Waals surface area contributed by atoms with Crippen LogP contribution in [0.1, 0.15) is 31.0 Å². The first-order chi connectivity index (χ1) is 10.6. The molecule has 0 saturated heterocycles. The van der Waals surface area contributed by atoms with Gasteiger partial charge in [-0.3, -0.25) is 0 Å². The number of nitrogens with zero attached hydrogens (tertiary/aromatic N) is 1. The molecule has 2 heteroatoms. The fourth-order valence-corrected chi connectivity index (χ4v) is 2.81. The Hall–Kier alpha value is -2.35. The number of pyridine rings is 1. The fourth-order valence-electron chi connectivity index (χ4n) is 2.81. The van der Waals surface area contributed by atoms with E-state index < -0.39 is 0 Å². The van der Waals surface area contributed by atoms with E-state index in [-0.39, 0.29) is 6.04 Å². The number of hydrogen-bond donors (Lipinski definition) is 1. The molecule has 22 heavy (non-hydrogen) atoms. The molecule has 1 atom stereocenters. The molecule has 2 nitrogen and oxygen atoms in total. The van der Waals surface area contributed by atoms with Crippen LogP contribution >= 0.6 is 0 Å². The van der Waals surface area contributed by atoms with Gasteiger partial charge in [0.1, 0.15) is 5.82 Å². The smallest absolute Gasteiger partial charge is 0.126 e. The number of anilines is 1. The summed E-state index contributed by atoms with van der Waals surface area (Å²) >= 11 is 0. The topological polar surface area (TPSA) is 24.9 Å². The fraction of sp³-hybridized carbons (Fsp3) is 0.250. The van der Waals surface area contributed by atoms with Crippen LogP contribution in [0.15, 0.2) is 60.8 Å². The molecule has 1 heterocycles. The summed E-state index contributed by atoms with van der Waals surface area (Å²) in [6, 6.07) is 19.5. The van der Waals surface area contributed by atoms with Gasteiger partial charge in [0.15, 0.2) is 0 Å². The van der Waals surface area contributed by atoms with Gasteiger partial charge in [-0.05, 0) is 52.9 Å². The Bertz CT molecular complexity index is 777. The van der Waals surface area contributed by atoms with Crippen LogP contribution in [0.4, 0.5) is 5.82 Å². The second-order valence-corrected chi connectivity index (χ2v) is 6.19. The molecular formula is C20H22N2. The molecule has 3 rings (SSSR count). The van der Waals surface area contributed by atoms with Crippen LogP contribution in [0.5, 0.6) is 0 Å². The third-order valence-electron chi connectivity index (χ3n) is 4.02. The molecule has 3 aromatic rings. The Balaban J connectivity index is 1.95. The molecule has 1 unspecified atom stereocenters. The Kier molecular flexibility index (Phi) is 4.10. The molecular weight excluding hydrogens is 268 g/mol. The molecule has 0 fully saturated rings. The van der Waals surface area contributed by atoms with E-state index in [1.54, 1.807) is 0 Å². The van der Waals surface area contributed by atoms with Crippen molar-refractivity contribution in [2.45, 2.75) is 26.8 Å². The monoisotopic (exact) mass is 290 g/mol. The third kappa shape index (κ3) is 3.11. The molecule has 0 radical (unpaired) electrons. The average Bonchev–Trinajstić information content (AvgIpc) is 2.52. The van der Waals surface area contributed by atoms with Crippen LogP contribution in [0, 0.1) is 12.8 Å². The van der Waals surface area contributed by atoms with E-state index >= 15 is 0 Å². The number of benzene rings is 2. The highest BCUT2D eigenvalue weighted by Crippen LogP contribution is 2.28. The number of fused-ring (bicyclic) bond motifs is 1. The van der Waals surface area contributed by atoms with E-state index in [1.807, 2.05) is 12.3 Å². The zero-order chi connectivity index (χ0) is 15.5. The lowest BCUT2D eigenvalue weighted by Crippen LogP contribution is -2.17. The minimum atomic E-state index is 0.249. The van der Waals surface area contributed by atoms with Crippen molar-refractivity contribution in [1.29, 1.82) is 0 Å². The molecule has 1 N–H and O–H groups in total. The lowest BCUT2D eigenvalue weighted by Gasteiger charge is -2.24. The van der Waals surface area contributed by atoms with Gasteiger partial charge < -0.3 is 5.32 Å². The highest BCUT2D eigenvalue weighted by atomic mass is 15.0. The SMILES string of the molecule is Cc1ccnc(NC(c2ccc3ccccc3c2)C(C)C)c1. The van der Waals surface area contributed by atoms with Crippen molar-refractivity contribution >= 4 is 16.6 Å². The molecule has 1 aromatic heterocycles. The van der Waals surface area contributed by atoms with Gasteiger partial charge in [0.25, 0.3) is 0 Å². The first-order valence-corrected chi connectivity index (χ1v) is 7.81. The van der Waals surface area contributed by atoms with E-state index in [2.05, 4.69) is 79.6 Å². The Morgan fingerprint density at radius 1 is 0.909 bits per heavy atom. The van der Waals surface area contributed by atoms with Gasteiger partial charge in [-0.15, -0.1) is 0 Å². The summed E-state index contributed by atoms with van der Waals surface area (Å²) in [6.45, 7) is 6.57. The van der Waals surface area contributed by atoms with Crippen LogP contribution in [0.3, 0.4) is 0 Å². The molecule has 2 aromatic carbocycles. The van der Waals surface area contributed by atoms with Crippen molar-refractivity contribution in [2.24, 2.45) is 5.92 Å². The predicted molar refractivity (Wildman–Crippen MR) is 94.1 cm³/mol. The van der Waals surface area contributed by atoms with Crippen molar-refractivity contribution < 1.29 is 0 Å². The van der Waals surface area contributed by atoms with Crippen LogP contribution in [-0.4, -0.2) is 4.98 Å². The van der Waals surface area contributed by atoms with Gasteiger partial charge >= 0.3 is 0 Å². The standard InChI is InChI=1S/C20H22N2/c1-14(2)20(22-19-12-15(3)10-11-21-19)18-9-8-16-6-4-5-7-17(16)13-18/h4-14,20H,1-3H3,(H,21,22). The van der Waals surface area contributed by atoms with Gasteiger partial charge in [0, 0.05) is 6.20 Å². The molecule has 0 bridgehead atoms. The Morgan fingerprint density at radius 3 is 2.41 bits per heavy atom. The molecule has 0 aliphatic rings. The van der Waals surface area contributed by atoms with E-state index in [0.717, 1.165) is 5.82 Å². The van der Waals surface area contributed by atoms with Crippen molar-refractivity contribution in [3.63, 3.8) is 0 Å². The Morgan fingerprint density at radius 2 is 1.68 bits per heavy atom. The number of rotatable bonds is 4. The van der Waals surface area contributed by atoms with Crippen LogP contribution in [-0.2, 0) is 0 Å². The molecule has 0 amide bonds. The van der Waals surface area contributed by atoms with Gasteiger partial charge in [0.2, 0.25) is 0 Å². The summed E-state index contributed by atoms with van der Waals surface area (Å²) in [6.07, 6.45) is 1.86. The highest BCUT2D eigenvalue weighted by molar-refractivity contribution is 5.83. The normalized spacial score (nSPS) is 12.5. The third-order valence-corrected chi connectivity index (χ3v) is 4.02. The van der Waals surface area contributed by atoms with E-state index in [0.29, 0.717) is 5.92 Å². The summed E-state index contributed by atoms with van der Waals surface area (Å²) in [5.41, 5.74) is 2.52. The molecule has 0 aliphatic carbocycles. The van der Waals surface area contributed by atoms with Crippen molar-refractivity contribution in [3.05, 3.63) is 71.9 Å². The lowest BCUT2D eigenvalue weighted by molar-refractivity contribution is 0.545. The summed E-state index contributed by atoms with van der Waals surface area (Å²) in [7, 11) is 0. The largest absolute Gasteiger partial charge is 0.363 e. The van der Waals surface area contributed by atoms with Crippen LogP contribution < -0.4 is 5.32 Å². The molecule has 0 aliphatic heterocycles. The predicted octanol–water partition coefficient (Wildman–Crippen LogP) is 5.35. The van der Waals surface area contributed by atoms with E-state index in [9.17, 15) is 0 Å². The second kappa shape index (κ2) is 6.18. The maximum absolute atomic E-state index is 4.44. The first kappa shape index (κ1) is 14.6. The average molecular weight is 290 g/mol. The van der Waals surface area contributed by atoms with Crippen LogP contribution in [0.2, 0.25) is 0 Å². The van der Waals surface area contributed by atoms with Crippen molar-refractivity contribution in [3.8, 4) is 0 Å². The summed E-state index contributed by atoms with van der Waals surface area (Å²) in [5, 5.41) is 6.15. The summed E-state index contributed by atoms with van der Waals surface area (Å²) < 4.78 is 0. The number of aryl methyl sites for hydroxylation is 1.